The van der Waals surface area contributed by atoms with Gasteiger partial charge in [-0.25, -0.2) is 19.9 Å². The Morgan fingerprint density at radius 3 is 1.73 bits per heavy atom. The number of phenols is 1. The first kappa shape index (κ1) is 32.4. The fourth-order valence-corrected chi connectivity index (χ4v) is 4.03. The van der Waals surface area contributed by atoms with Crippen molar-refractivity contribution in [3.63, 3.8) is 0 Å². The van der Waals surface area contributed by atoms with Crippen molar-refractivity contribution in [2.45, 2.75) is 48.1 Å². The van der Waals surface area contributed by atoms with Crippen LogP contribution in [0.25, 0.3) is 21.8 Å². The van der Waals surface area contributed by atoms with Crippen LogP contribution in [0.5, 0.6) is 11.5 Å². The highest BCUT2D eigenvalue weighted by Crippen LogP contribution is 2.28. The van der Waals surface area contributed by atoms with E-state index in [1.165, 1.54) is 0 Å². The summed E-state index contributed by atoms with van der Waals surface area (Å²) in [6.07, 6.45) is 3.48. The van der Waals surface area contributed by atoms with E-state index in [9.17, 15) is 10.4 Å². The van der Waals surface area contributed by atoms with Gasteiger partial charge in [0.25, 0.3) is 0 Å². The van der Waals surface area contributed by atoms with E-state index in [1.54, 1.807) is 30.6 Å². The maximum atomic E-state index is 9.56. The monoisotopic (exact) mass is 603 g/mol. The van der Waals surface area contributed by atoms with Crippen LogP contribution in [0, 0.1) is 33.5 Å². The van der Waals surface area contributed by atoms with Crippen LogP contribution < -0.4 is 15.4 Å². The fraction of sp³-hybridized carbons (Fsp3) is 0.324. The van der Waals surface area contributed by atoms with Gasteiger partial charge in [-0.3, -0.25) is 4.98 Å². The number of pyridine rings is 1. The zero-order chi connectivity index (χ0) is 32.6. The third-order valence-corrected chi connectivity index (χ3v) is 6.27. The standard InChI is InChI=1S/C20H21N5O.C14H16N4O/c1-20(2,3)13-23-19-16-10-15(26-12-14-6-8-22-9-7-14)4-5-17(16)24-18(11-21)25-19;1-14(2,3)8-16-13-10-6-9(19)4-5-11(10)17-12(7-15)18-13/h4-10H,12-13H2,1-3H3,(H,23,24,25);4-6,19H,8H2,1-3H3,(H,16,17,18). The van der Waals surface area contributed by atoms with E-state index in [2.05, 4.69) is 77.1 Å². The van der Waals surface area contributed by atoms with Crippen molar-refractivity contribution in [1.29, 1.82) is 10.5 Å². The molecule has 0 unspecified atom stereocenters. The topological polar surface area (TPSA) is 166 Å². The minimum absolute atomic E-state index is 0.0829. The molecule has 0 bridgehead atoms. The van der Waals surface area contributed by atoms with Crippen molar-refractivity contribution < 1.29 is 9.84 Å². The summed E-state index contributed by atoms with van der Waals surface area (Å²) in [6, 6.07) is 18.2. The van der Waals surface area contributed by atoms with Crippen LogP contribution >= 0.6 is 0 Å². The summed E-state index contributed by atoms with van der Waals surface area (Å²) in [7, 11) is 0. The number of nitrogens with one attached hydrogen (secondary N) is 2. The molecule has 230 valence electrons. The lowest BCUT2D eigenvalue weighted by Crippen LogP contribution is -2.20. The summed E-state index contributed by atoms with van der Waals surface area (Å²) in [6.45, 7) is 14.6. The van der Waals surface area contributed by atoms with Crippen LogP contribution in [0.3, 0.4) is 0 Å². The number of nitrogens with zero attached hydrogens (tertiary/aromatic N) is 7. The molecular weight excluding hydrogens is 566 g/mol. The van der Waals surface area contributed by atoms with Crippen LogP contribution in [0.1, 0.15) is 58.8 Å². The number of ether oxygens (including phenoxy) is 1. The van der Waals surface area contributed by atoms with E-state index in [0.717, 1.165) is 23.2 Å². The molecule has 11 nitrogen and oxygen atoms in total. The number of fused-ring (bicyclic) bond motifs is 2. The molecule has 0 aliphatic carbocycles. The third kappa shape index (κ3) is 9.47. The smallest absolute Gasteiger partial charge is 0.234 e. The van der Waals surface area contributed by atoms with Gasteiger partial charge in [0.15, 0.2) is 0 Å². The number of phenolic OH excluding ortho intramolecular Hbond substituents is 1. The van der Waals surface area contributed by atoms with Crippen molar-refractivity contribution in [3.8, 4) is 23.6 Å². The summed E-state index contributed by atoms with van der Waals surface area (Å²) in [5.41, 5.74) is 2.56. The van der Waals surface area contributed by atoms with E-state index >= 15 is 0 Å². The van der Waals surface area contributed by atoms with Crippen molar-refractivity contribution >= 4 is 33.4 Å². The lowest BCUT2D eigenvalue weighted by atomic mass is 9.97. The molecule has 11 heteroatoms. The first-order valence-electron chi connectivity index (χ1n) is 14.5. The van der Waals surface area contributed by atoms with Crippen molar-refractivity contribution in [2.75, 3.05) is 23.7 Å². The van der Waals surface area contributed by atoms with Gasteiger partial charge in [-0.15, -0.1) is 0 Å². The zero-order valence-electron chi connectivity index (χ0n) is 26.4. The van der Waals surface area contributed by atoms with Crippen molar-refractivity contribution in [2.24, 2.45) is 10.8 Å². The number of nitriles is 2. The molecule has 0 aliphatic heterocycles. The predicted molar refractivity (Wildman–Crippen MR) is 175 cm³/mol. The molecule has 3 aromatic heterocycles. The second kappa shape index (κ2) is 13.8. The molecule has 2 aromatic carbocycles. The van der Waals surface area contributed by atoms with Crippen LogP contribution in [0.4, 0.5) is 11.6 Å². The molecule has 0 saturated heterocycles. The maximum Gasteiger partial charge on any atom is 0.234 e. The minimum atomic E-state index is 0.0829. The van der Waals surface area contributed by atoms with Gasteiger partial charge in [0.05, 0.1) is 11.0 Å². The lowest BCUT2D eigenvalue weighted by molar-refractivity contribution is 0.306. The molecule has 45 heavy (non-hydrogen) atoms. The summed E-state index contributed by atoms with van der Waals surface area (Å²) >= 11 is 0. The molecule has 3 heterocycles. The predicted octanol–water partition coefficient (Wildman–Crippen LogP) is 6.60. The van der Waals surface area contributed by atoms with E-state index in [4.69, 9.17) is 10.00 Å². The Labute approximate surface area is 263 Å². The summed E-state index contributed by atoms with van der Waals surface area (Å²) < 4.78 is 5.88. The molecule has 5 aromatic rings. The van der Waals surface area contributed by atoms with Crippen LogP contribution in [0.2, 0.25) is 0 Å². The second-order valence-corrected chi connectivity index (χ2v) is 12.9. The Morgan fingerprint density at radius 2 is 1.22 bits per heavy atom. The van der Waals surface area contributed by atoms with Crippen LogP contribution in [0.15, 0.2) is 60.9 Å². The van der Waals surface area contributed by atoms with Crippen LogP contribution in [-0.2, 0) is 6.61 Å². The number of hydrogen-bond acceptors (Lipinski definition) is 11. The number of benzene rings is 2. The summed E-state index contributed by atoms with van der Waals surface area (Å²) in [4.78, 5) is 20.9. The molecule has 0 amide bonds. The van der Waals surface area contributed by atoms with Gasteiger partial charge in [-0.05, 0) is 64.9 Å². The van der Waals surface area contributed by atoms with E-state index in [-0.39, 0.29) is 28.2 Å². The Bertz CT molecular complexity index is 1870. The van der Waals surface area contributed by atoms with Gasteiger partial charge >= 0.3 is 0 Å². The number of rotatable bonds is 7. The normalized spacial score (nSPS) is 11.2. The number of aromatic nitrogens is 5. The molecule has 0 saturated carbocycles. The van der Waals surface area contributed by atoms with Gasteiger partial charge in [0, 0.05) is 36.3 Å². The third-order valence-electron chi connectivity index (χ3n) is 6.27. The minimum Gasteiger partial charge on any atom is -0.508 e. The highest BCUT2D eigenvalue weighted by Gasteiger charge is 2.15. The van der Waals surface area contributed by atoms with Gasteiger partial charge in [-0.1, -0.05) is 41.5 Å². The first-order valence-corrected chi connectivity index (χ1v) is 14.5. The fourth-order valence-electron chi connectivity index (χ4n) is 4.03. The highest BCUT2D eigenvalue weighted by atomic mass is 16.5. The lowest BCUT2D eigenvalue weighted by Gasteiger charge is -2.20. The van der Waals surface area contributed by atoms with Gasteiger partial charge in [0.1, 0.15) is 41.9 Å². The Balaban J connectivity index is 0.000000215. The Hall–Kier alpha value is -5.55. The molecule has 0 fully saturated rings. The van der Waals surface area contributed by atoms with E-state index < -0.39 is 0 Å². The van der Waals surface area contributed by atoms with Gasteiger partial charge in [0.2, 0.25) is 11.6 Å². The SMILES string of the molecule is CC(C)(C)CNc1nc(C#N)nc2ccc(O)cc12.CC(C)(C)CNc1nc(C#N)nc2ccc(OCc3ccncc3)cc12. The molecule has 0 aliphatic rings. The Kier molecular flexibility index (Phi) is 9.95. The van der Waals surface area contributed by atoms with E-state index in [0.29, 0.717) is 41.2 Å². The molecule has 0 radical (unpaired) electrons. The zero-order valence-corrected chi connectivity index (χ0v) is 26.4. The number of hydrogen-bond donors (Lipinski definition) is 3. The molecule has 0 spiro atoms. The van der Waals surface area contributed by atoms with Gasteiger partial charge < -0.3 is 20.5 Å². The largest absolute Gasteiger partial charge is 0.508 e. The molecular formula is C34H37N9O2. The number of aromatic hydroxyl groups is 1. The van der Waals surface area contributed by atoms with Crippen LogP contribution in [-0.4, -0.2) is 43.1 Å². The average Bonchev–Trinajstić information content (AvgIpc) is 3.01. The quantitative estimate of drug-likeness (QED) is 0.183. The Morgan fingerprint density at radius 1 is 0.711 bits per heavy atom. The molecule has 3 N–H and O–H groups in total. The highest BCUT2D eigenvalue weighted by molar-refractivity contribution is 5.91. The summed E-state index contributed by atoms with van der Waals surface area (Å²) in [5, 5.41) is 35.8. The molecule has 5 rings (SSSR count). The number of anilines is 2. The second-order valence-electron chi connectivity index (χ2n) is 12.9. The van der Waals surface area contributed by atoms with Crippen molar-refractivity contribution in [1.82, 2.24) is 24.9 Å². The van der Waals surface area contributed by atoms with Gasteiger partial charge in [-0.2, -0.15) is 10.5 Å². The summed E-state index contributed by atoms with van der Waals surface area (Å²) in [5.74, 6) is 2.37. The molecule has 0 atom stereocenters. The maximum absolute atomic E-state index is 9.56. The van der Waals surface area contributed by atoms with E-state index in [1.807, 2.05) is 42.5 Å². The average molecular weight is 604 g/mol. The first-order chi connectivity index (χ1) is 21.3. The van der Waals surface area contributed by atoms with Crippen molar-refractivity contribution in [3.05, 3.63) is 78.1 Å².